The number of rotatable bonds is 6. The molecule has 108 valence electrons. The van der Waals surface area contributed by atoms with Gasteiger partial charge in [0.1, 0.15) is 23.0 Å². The minimum Gasteiger partial charge on any atom is -0.508 e. The van der Waals surface area contributed by atoms with Crippen molar-refractivity contribution in [1.29, 1.82) is 0 Å². The Bertz CT molecular complexity index is 642. The van der Waals surface area contributed by atoms with Crippen molar-refractivity contribution in [3.05, 3.63) is 72.8 Å². The minimum absolute atomic E-state index is 0.187. The SMILES string of the molecule is C=CCc1c(O)ccc(Oc2ccc(O)cc2)c1CC=C. The minimum atomic E-state index is 0.187. The standard InChI is InChI=1S/C18H18O3/c1-3-5-15-16(6-4-2)18(12-11-17(15)20)21-14-9-7-13(19)8-10-14/h3-4,7-12,19-20H,1-2,5-6H2. The molecule has 0 heterocycles. The van der Waals surface area contributed by atoms with Gasteiger partial charge < -0.3 is 14.9 Å². The summed E-state index contributed by atoms with van der Waals surface area (Å²) in [6.45, 7) is 7.47. The summed E-state index contributed by atoms with van der Waals surface area (Å²) in [5.41, 5.74) is 1.68. The molecule has 0 radical (unpaired) electrons. The Morgan fingerprint density at radius 3 is 2.10 bits per heavy atom. The Morgan fingerprint density at radius 2 is 1.48 bits per heavy atom. The van der Waals surface area contributed by atoms with E-state index in [-0.39, 0.29) is 11.5 Å². The lowest BCUT2D eigenvalue weighted by Gasteiger charge is -2.15. The van der Waals surface area contributed by atoms with Crippen LogP contribution < -0.4 is 4.74 Å². The van der Waals surface area contributed by atoms with Crippen molar-refractivity contribution in [3.63, 3.8) is 0 Å². The van der Waals surface area contributed by atoms with Crippen LogP contribution in [0.1, 0.15) is 11.1 Å². The number of phenolic OH excluding ortho intramolecular Hbond substituents is 2. The molecule has 0 saturated carbocycles. The monoisotopic (exact) mass is 282 g/mol. The predicted octanol–water partition coefficient (Wildman–Crippen LogP) is 4.35. The number of hydrogen-bond acceptors (Lipinski definition) is 3. The Balaban J connectivity index is 2.41. The van der Waals surface area contributed by atoms with Crippen LogP contribution in [0.15, 0.2) is 61.7 Å². The van der Waals surface area contributed by atoms with Crippen LogP contribution in [-0.2, 0) is 12.8 Å². The lowest BCUT2D eigenvalue weighted by atomic mass is 9.99. The summed E-state index contributed by atoms with van der Waals surface area (Å²) in [7, 11) is 0. The molecule has 0 amide bonds. The molecule has 0 aliphatic rings. The van der Waals surface area contributed by atoms with Crippen molar-refractivity contribution < 1.29 is 14.9 Å². The van der Waals surface area contributed by atoms with E-state index in [2.05, 4.69) is 13.2 Å². The summed E-state index contributed by atoms with van der Waals surface area (Å²) in [4.78, 5) is 0. The molecule has 0 bridgehead atoms. The van der Waals surface area contributed by atoms with E-state index in [4.69, 9.17) is 4.74 Å². The molecule has 0 aromatic heterocycles. The summed E-state index contributed by atoms with van der Waals surface area (Å²) >= 11 is 0. The number of aromatic hydroxyl groups is 2. The second-order valence-electron chi connectivity index (χ2n) is 4.62. The predicted molar refractivity (Wildman–Crippen MR) is 84.1 cm³/mol. The molecule has 2 aromatic carbocycles. The van der Waals surface area contributed by atoms with Gasteiger partial charge in [0.25, 0.3) is 0 Å². The van der Waals surface area contributed by atoms with Gasteiger partial charge in [-0.05, 0) is 49.2 Å². The third-order valence-corrected chi connectivity index (χ3v) is 3.12. The van der Waals surface area contributed by atoms with Crippen LogP contribution in [0.4, 0.5) is 0 Å². The topological polar surface area (TPSA) is 49.7 Å². The molecule has 3 nitrogen and oxygen atoms in total. The molecule has 0 spiro atoms. The summed E-state index contributed by atoms with van der Waals surface area (Å²) < 4.78 is 5.85. The van der Waals surface area contributed by atoms with Crippen LogP contribution in [0, 0.1) is 0 Å². The van der Waals surface area contributed by atoms with E-state index < -0.39 is 0 Å². The van der Waals surface area contributed by atoms with Crippen molar-refractivity contribution in [2.75, 3.05) is 0 Å². The maximum absolute atomic E-state index is 10.0. The van der Waals surface area contributed by atoms with Crippen molar-refractivity contribution >= 4 is 0 Å². The van der Waals surface area contributed by atoms with Crippen LogP contribution >= 0.6 is 0 Å². The van der Waals surface area contributed by atoms with Gasteiger partial charge in [-0.15, -0.1) is 13.2 Å². The van der Waals surface area contributed by atoms with Gasteiger partial charge in [0.2, 0.25) is 0 Å². The number of benzene rings is 2. The zero-order valence-corrected chi connectivity index (χ0v) is 11.7. The molecular formula is C18H18O3. The summed E-state index contributed by atoms with van der Waals surface area (Å²) in [5, 5.41) is 19.3. The van der Waals surface area contributed by atoms with Gasteiger partial charge in [0.05, 0.1) is 0 Å². The fourth-order valence-electron chi connectivity index (χ4n) is 2.14. The van der Waals surface area contributed by atoms with Crippen LogP contribution in [0.5, 0.6) is 23.0 Å². The third-order valence-electron chi connectivity index (χ3n) is 3.12. The van der Waals surface area contributed by atoms with Crippen LogP contribution in [0.2, 0.25) is 0 Å². The van der Waals surface area contributed by atoms with E-state index in [0.29, 0.717) is 24.3 Å². The van der Waals surface area contributed by atoms with Crippen LogP contribution in [-0.4, -0.2) is 10.2 Å². The van der Waals surface area contributed by atoms with Gasteiger partial charge in [-0.1, -0.05) is 12.2 Å². The van der Waals surface area contributed by atoms with Crippen molar-refractivity contribution in [2.45, 2.75) is 12.8 Å². The summed E-state index contributed by atoms with van der Waals surface area (Å²) in [5.74, 6) is 1.69. The largest absolute Gasteiger partial charge is 0.508 e. The molecule has 2 rings (SSSR count). The van der Waals surface area contributed by atoms with E-state index in [0.717, 1.165) is 11.1 Å². The molecule has 0 unspecified atom stereocenters. The molecule has 0 saturated heterocycles. The van der Waals surface area contributed by atoms with E-state index in [1.807, 2.05) is 0 Å². The van der Waals surface area contributed by atoms with Gasteiger partial charge in [-0.3, -0.25) is 0 Å². The van der Waals surface area contributed by atoms with Crippen LogP contribution in [0.25, 0.3) is 0 Å². The third kappa shape index (κ3) is 3.45. The zero-order valence-electron chi connectivity index (χ0n) is 11.7. The van der Waals surface area contributed by atoms with Gasteiger partial charge >= 0.3 is 0 Å². The Labute approximate surface area is 124 Å². The Morgan fingerprint density at radius 1 is 0.857 bits per heavy atom. The molecule has 0 aliphatic carbocycles. The maximum Gasteiger partial charge on any atom is 0.131 e. The van der Waals surface area contributed by atoms with Crippen LogP contribution in [0.3, 0.4) is 0 Å². The van der Waals surface area contributed by atoms with Crippen molar-refractivity contribution in [3.8, 4) is 23.0 Å². The summed E-state index contributed by atoms with van der Waals surface area (Å²) in [6.07, 6.45) is 4.66. The lowest BCUT2D eigenvalue weighted by Crippen LogP contribution is -1.97. The zero-order chi connectivity index (χ0) is 15.2. The van der Waals surface area contributed by atoms with E-state index in [9.17, 15) is 10.2 Å². The fourth-order valence-corrected chi connectivity index (χ4v) is 2.14. The highest BCUT2D eigenvalue weighted by atomic mass is 16.5. The first-order valence-corrected chi connectivity index (χ1v) is 6.68. The first kappa shape index (κ1) is 14.7. The molecule has 0 atom stereocenters. The average molecular weight is 282 g/mol. The van der Waals surface area contributed by atoms with Gasteiger partial charge in [0, 0.05) is 11.1 Å². The number of hydrogen-bond donors (Lipinski definition) is 2. The second-order valence-corrected chi connectivity index (χ2v) is 4.62. The van der Waals surface area contributed by atoms with Gasteiger partial charge in [-0.2, -0.15) is 0 Å². The highest BCUT2D eigenvalue weighted by molar-refractivity contribution is 5.51. The molecular weight excluding hydrogens is 264 g/mol. The molecule has 21 heavy (non-hydrogen) atoms. The normalized spacial score (nSPS) is 10.1. The molecule has 0 fully saturated rings. The number of allylic oxidation sites excluding steroid dienone is 2. The summed E-state index contributed by atoms with van der Waals surface area (Å²) in [6, 6.07) is 9.84. The molecule has 0 aliphatic heterocycles. The number of phenols is 2. The fraction of sp³-hybridized carbons (Fsp3) is 0.111. The quantitative estimate of drug-likeness (QED) is 0.774. The maximum atomic E-state index is 10.0. The van der Waals surface area contributed by atoms with Crippen molar-refractivity contribution in [2.24, 2.45) is 0 Å². The highest BCUT2D eigenvalue weighted by Crippen LogP contribution is 2.34. The van der Waals surface area contributed by atoms with Gasteiger partial charge in [-0.25, -0.2) is 0 Å². The first-order chi connectivity index (χ1) is 10.2. The Hall–Kier alpha value is -2.68. The first-order valence-electron chi connectivity index (χ1n) is 6.68. The molecule has 3 heteroatoms. The highest BCUT2D eigenvalue weighted by Gasteiger charge is 2.13. The number of ether oxygens (including phenoxy) is 1. The van der Waals surface area contributed by atoms with E-state index in [1.165, 1.54) is 0 Å². The van der Waals surface area contributed by atoms with E-state index >= 15 is 0 Å². The molecule has 2 N–H and O–H groups in total. The lowest BCUT2D eigenvalue weighted by molar-refractivity contribution is 0.452. The smallest absolute Gasteiger partial charge is 0.131 e. The van der Waals surface area contributed by atoms with Crippen molar-refractivity contribution in [1.82, 2.24) is 0 Å². The van der Waals surface area contributed by atoms with E-state index in [1.54, 1.807) is 48.6 Å². The van der Waals surface area contributed by atoms with Gasteiger partial charge in [0.15, 0.2) is 0 Å². The average Bonchev–Trinajstić information content (AvgIpc) is 2.48. The second kappa shape index (κ2) is 6.66. The Kier molecular flexibility index (Phi) is 4.67. The molecule has 2 aromatic rings.